The van der Waals surface area contributed by atoms with Gasteiger partial charge in [0.25, 0.3) is 11.8 Å². The first-order chi connectivity index (χ1) is 16.8. The van der Waals surface area contributed by atoms with E-state index in [1.54, 1.807) is 30.3 Å². The molecular weight excluding hydrogens is 471 g/mol. The van der Waals surface area contributed by atoms with Gasteiger partial charge in [-0.2, -0.15) is 5.10 Å². The summed E-state index contributed by atoms with van der Waals surface area (Å²) in [6.07, 6.45) is 1.84. The average Bonchev–Trinajstić information content (AvgIpc) is 2.85. The van der Waals surface area contributed by atoms with Crippen LogP contribution in [-0.2, 0) is 4.79 Å². The maximum atomic E-state index is 14.2. The lowest BCUT2D eigenvalue weighted by molar-refractivity contribution is -0.137. The molecule has 8 nitrogen and oxygen atoms in total. The minimum Gasteiger partial charge on any atom is -0.481 e. The summed E-state index contributed by atoms with van der Waals surface area (Å²) in [6, 6.07) is 12.3. The molecule has 0 heterocycles. The third-order valence-electron chi connectivity index (χ3n) is 4.96. The maximum absolute atomic E-state index is 14.2. The number of nitrogens with one attached hydrogen (secondary N) is 1. The van der Waals surface area contributed by atoms with Crippen LogP contribution in [0.2, 0.25) is 0 Å². The molecule has 186 valence electrons. The Kier molecular flexibility index (Phi) is 11.0. The molecule has 0 saturated heterocycles. The molecule has 2 amide bonds. The number of halogens is 1. The highest BCUT2D eigenvalue weighted by molar-refractivity contribution is 8.17. The van der Waals surface area contributed by atoms with Crippen LogP contribution in [0.25, 0.3) is 0 Å². The van der Waals surface area contributed by atoms with Gasteiger partial charge in [-0.25, -0.2) is 4.39 Å². The molecule has 0 atom stereocenters. The van der Waals surface area contributed by atoms with Crippen molar-refractivity contribution in [3.63, 3.8) is 0 Å². The fourth-order valence-electron chi connectivity index (χ4n) is 3.07. The van der Waals surface area contributed by atoms with Crippen molar-refractivity contribution in [2.75, 3.05) is 13.1 Å². The lowest BCUT2D eigenvalue weighted by Crippen LogP contribution is -2.31. The summed E-state index contributed by atoms with van der Waals surface area (Å²) in [4.78, 5) is 37.3. The zero-order valence-electron chi connectivity index (χ0n) is 19.5. The Hall–Kier alpha value is -3.66. The van der Waals surface area contributed by atoms with E-state index in [1.165, 1.54) is 23.1 Å². The zero-order valence-corrected chi connectivity index (χ0v) is 20.3. The number of carbonyl (C=O) groups is 3. The van der Waals surface area contributed by atoms with Crippen LogP contribution in [0.3, 0.4) is 0 Å². The molecule has 0 spiro atoms. The van der Waals surface area contributed by atoms with E-state index in [0.717, 1.165) is 18.2 Å². The van der Waals surface area contributed by atoms with Gasteiger partial charge in [0.15, 0.2) is 0 Å². The topological polar surface area (TPSA) is 125 Å². The van der Waals surface area contributed by atoms with Crippen molar-refractivity contribution in [3.8, 4) is 0 Å². The summed E-state index contributed by atoms with van der Waals surface area (Å²) in [5.41, 5.74) is 0.953. The largest absolute Gasteiger partial charge is 0.481 e. The van der Waals surface area contributed by atoms with Crippen LogP contribution in [-0.4, -0.2) is 45.9 Å². The average molecular weight is 501 g/mol. The van der Waals surface area contributed by atoms with E-state index in [0.29, 0.717) is 40.6 Å². The van der Waals surface area contributed by atoms with Crippen LogP contribution in [0.15, 0.2) is 65.2 Å². The number of amides is 2. The fourth-order valence-corrected chi connectivity index (χ4v) is 3.88. The van der Waals surface area contributed by atoms with E-state index in [-0.39, 0.29) is 24.4 Å². The summed E-state index contributed by atoms with van der Waals surface area (Å²) < 4.78 is 14.2. The van der Waals surface area contributed by atoms with Gasteiger partial charge >= 0.3 is 5.97 Å². The number of unbranched alkanes of at least 4 members (excludes halogenated alkanes) is 1. The molecule has 0 aliphatic rings. The Balaban J connectivity index is 2.10. The number of carbonyl (C=O) groups excluding carboxylic acids is 2. The number of hydrogen-bond donors (Lipinski definition) is 3. The number of nitrogens with zero attached hydrogens (tertiary/aromatic N) is 2. The van der Waals surface area contributed by atoms with Gasteiger partial charge in [0.1, 0.15) is 10.9 Å². The van der Waals surface area contributed by atoms with Crippen molar-refractivity contribution in [1.82, 2.24) is 10.2 Å². The summed E-state index contributed by atoms with van der Waals surface area (Å²) in [5, 5.41) is 15.8. The van der Waals surface area contributed by atoms with E-state index < -0.39 is 17.7 Å². The molecule has 2 aromatic carbocycles. The third-order valence-corrected chi connectivity index (χ3v) is 5.95. The summed E-state index contributed by atoms with van der Waals surface area (Å²) in [6.45, 7) is 6.59. The van der Waals surface area contributed by atoms with Crippen molar-refractivity contribution in [2.45, 2.75) is 32.6 Å². The Morgan fingerprint density at radius 2 is 1.77 bits per heavy atom. The molecule has 0 unspecified atom stereocenters. The summed E-state index contributed by atoms with van der Waals surface area (Å²) >= 11 is 1.08. The molecule has 0 bridgehead atoms. The monoisotopic (exact) mass is 500 g/mol. The minimum atomic E-state index is -0.917. The number of thioether (sulfide) groups is 1. The SMILES string of the molecule is C=C(S/C(=N\N)c1ccc(C(=O)NCCCC(=O)O)cc1)N(CCCC)C(=O)c1ccccc1F. The molecule has 10 heteroatoms. The Labute approximate surface area is 208 Å². The predicted molar refractivity (Wildman–Crippen MR) is 135 cm³/mol. The minimum absolute atomic E-state index is 0.0225. The van der Waals surface area contributed by atoms with Crippen LogP contribution in [0.1, 0.15) is 58.9 Å². The molecule has 4 N–H and O–H groups in total. The Bertz CT molecular complexity index is 1090. The fraction of sp³-hybridized carbons (Fsp3) is 0.280. The van der Waals surface area contributed by atoms with Crippen molar-refractivity contribution in [3.05, 3.63) is 82.6 Å². The van der Waals surface area contributed by atoms with E-state index in [9.17, 15) is 18.8 Å². The van der Waals surface area contributed by atoms with Gasteiger partial charge in [-0.3, -0.25) is 14.4 Å². The van der Waals surface area contributed by atoms with Gasteiger partial charge in [-0.15, -0.1) is 0 Å². The predicted octanol–water partition coefficient (Wildman–Crippen LogP) is 4.19. The first-order valence-corrected chi connectivity index (χ1v) is 11.9. The first-order valence-electron chi connectivity index (χ1n) is 11.1. The van der Waals surface area contributed by atoms with Gasteiger partial charge in [0.05, 0.1) is 10.6 Å². The third kappa shape index (κ3) is 8.25. The molecule has 0 aliphatic heterocycles. The summed E-state index contributed by atoms with van der Waals surface area (Å²) in [7, 11) is 0. The van der Waals surface area contributed by atoms with Crippen molar-refractivity contribution in [1.29, 1.82) is 0 Å². The zero-order chi connectivity index (χ0) is 25.8. The second kappa shape index (κ2) is 13.9. The molecule has 0 radical (unpaired) electrons. The number of rotatable bonds is 12. The van der Waals surface area contributed by atoms with Crippen LogP contribution in [0, 0.1) is 5.82 Å². The normalized spacial score (nSPS) is 11.1. The number of hydrogen-bond acceptors (Lipinski definition) is 6. The lowest BCUT2D eigenvalue weighted by Gasteiger charge is -2.24. The molecule has 0 aliphatic carbocycles. The number of nitrogens with two attached hydrogens (primary N) is 1. The van der Waals surface area contributed by atoms with Gasteiger partial charge in [-0.1, -0.05) is 56.0 Å². The molecule has 35 heavy (non-hydrogen) atoms. The molecular formula is C25H29FN4O4S. The van der Waals surface area contributed by atoms with Crippen molar-refractivity contribution in [2.24, 2.45) is 10.9 Å². The number of carboxylic acids is 1. The number of aliphatic carboxylic acids is 1. The molecule has 0 fully saturated rings. The Morgan fingerprint density at radius 3 is 2.37 bits per heavy atom. The maximum Gasteiger partial charge on any atom is 0.303 e. The van der Waals surface area contributed by atoms with Crippen molar-refractivity contribution < 1.29 is 23.9 Å². The Morgan fingerprint density at radius 1 is 1.11 bits per heavy atom. The van der Waals surface area contributed by atoms with Crippen LogP contribution >= 0.6 is 11.8 Å². The van der Waals surface area contributed by atoms with E-state index >= 15 is 0 Å². The van der Waals surface area contributed by atoms with Crippen molar-refractivity contribution >= 4 is 34.6 Å². The van der Waals surface area contributed by atoms with Gasteiger partial charge < -0.3 is 21.2 Å². The second-order valence-corrected chi connectivity index (χ2v) is 8.61. The molecule has 2 rings (SSSR count). The number of benzene rings is 2. The summed E-state index contributed by atoms with van der Waals surface area (Å²) in [5.74, 6) is 3.25. The standard InChI is InChI=1S/C25H29FN4O4S/c1-3-4-16-30(25(34)20-8-5-6-9-21(20)26)17(2)35-24(29-27)19-13-11-18(12-14-19)23(33)28-15-7-10-22(31)32/h5-6,8-9,11-14H,2-4,7,10,15-16,27H2,1H3,(H,28,33)(H,31,32)/b29-24-. The van der Waals surface area contributed by atoms with E-state index in [4.69, 9.17) is 10.9 Å². The van der Waals surface area contributed by atoms with E-state index in [2.05, 4.69) is 17.0 Å². The quantitative estimate of drug-likeness (QED) is 0.132. The second-order valence-electron chi connectivity index (χ2n) is 7.55. The van der Waals surface area contributed by atoms with Crippen LogP contribution in [0.5, 0.6) is 0 Å². The number of carboxylic acid groups (broad SMARTS) is 1. The lowest BCUT2D eigenvalue weighted by atomic mass is 10.1. The first kappa shape index (κ1) is 27.6. The molecule has 0 aromatic heterocycles. The highest BCUT2D eigenvalue weighted by atomic mass is 32.2. The molecule has 2 aromatic rings. The van der Waals surface area contributed by atoms with Crippen LogP contribution in [0.4, 0.5) is 4.39 Å². The number of hydrazone groups is 1. The highest BCUT2D eigenvalue weighted by Gasteiger charge is 2.23. The van der Waals surface area contributed by atoms with Gasteiger partial charge in [0, 0.05) is 30.6 Å². The molecule has 0 saturated carbocycles. The van der Waals surface area contributed by atoms with E-state index in [1.807, 2.05) is 6.92 Å². The van der Waals surface area contributed by atoms with Gasteiger partial charge in [0.2, 0.25) is 0 Å². The highest BCUT2D eigenvalue weighted by Crippen LogP contribution is 2.27. The van der Waals surface area contributed by atoms with Crippen LogP contribution < -0.4 is 11.2 Å². The van der Waals surface area contributed by atoms with Gasteiger partial charge in [-0.05, 0) is 37.1 Å². The smallest absolute Gasteiger partial charge is 0.303 e.